The number of carbonyl (C=O) groups excluding carboxylic acids is 4. The van der Waals surface area contributed by atoms with Crippen molar-refractivity contribution in [3.05, 3.63) is 81.9 Å². The quantitative estimate of drug-likeness (QED) is 0.373. The van der Waals surface area contributed by atoms with Gasteiger partial charge in [0.05, 0.1) is 44.3 Å². The van der Waals surface area contributed by atoms with E-state index in [-0.39, 0.29) is 26.3 Å². The summed E-state index contributed by atoms with van der Waals surface area (Å²) in [5.74, 6) is -1.65. The minimum atomic E-state index is -0.414. The van der Waals surface area contributed by atoms with Gasteiger partial charge in [-0.05, 0) is 35.4 Å². The van der Waals surface area contributed by atoms with Crippen LogP contribution in [0.15, 0.2) is 48.5 Å². The number of hydrogen-bond acceptors (Lipinski definition) is 8. The van der Waals surface area contributed by atoms with E-state index in [0.717, 1.165) is 43.1 Å². The molecule has 10 heteroatoms. The molecule has 0 saturated heterocycles. The van der Waals surface area contributed by atoms with Crippen LogP contribution in [0.3, 0.4) is 0 Å². The van der Waals surface area contributed by atoms with E-state index in [9.17, 15) is 29.4 Å². The molecule has 41 heavy (non-hydrogen) atoms. The maximum atomic E-state index is 13.4. The van der Waals surface area contributed by atoms with Gasteiger partial charge in [-0.15, -0.1) is 0 Å². The Morgan fingerprint density at radius 2 is 1.00 bits per heavy atom. The fourth-order valence-corrected chi connectivity index (χ4v) is 7.13. The monoisotopic (exact) mass is 548 g/mol. The highest BCUT2D eigenvalue weighted by molar-refractivity contribution is 6.28. The zero-order valence-corrected chi connectivity index (χ0v) is 21.9. The molecule has 0 saturated carbocycles. The Labute approximate surface area is 233 Å². The van der Waals surface area contributed by atoms with Gasteiger partial charge in [-0.3, -0.25) is 29.0 Å². The van der Waals surface area contributed by atoms with Crippen molar-refractivity contribution < 1.29 is 29.4 Å². The number of β-amino-alcohol motifs (C(OH)–C–C–N with tert-alkyl or cyclic N) is 2. The van der Waals surface area contributed by atoms with Crippen molar-refractivity contribution in [2.24, 2.45) is 0 Å². The van der Waals surface area contributed by atoms with Crippen molar-refractivity contribution in [3.8, 4) is 0 Å². The van der Waals surface area contributed by atoms with Crippen LogP contribution >= 0.6 is 0 Å². The Bertz CT molecular complexity index is 1780. The van der Waals surface area contributed by atoms with Gasteiger partial charge in [0.15, 0.2) is 0 Å². The minimum Gasteiger partial charge on any atom is -0.395 e. The Morgan fingerprint density at radius 3 is 1.41 bits per heavy atom. The molecule has 204 valence electrons. The average Bonchev–Trinajstić information content (AvgIpc) is 2.98. The largest absolute Gasteiger partial charge is 0.395 e. The average molecular weight is 549 g/mol. The molecule has 0 radical (unpaired) electrons. The van der Waals surface area contributed by atoms with Crippen molar-refractivity contribution in [1.29, 1.82) is 0 Å². The number of aliphatic hydroxyl groups is 2. The third-order valence-corrected chi connectivity index (χ3v) is 8.67. The highest BCUT2D eigenvalue weighted by Gasteiger charge is 2.40. The van der Waals surface area contributed by atoms with Crippen LogP contribution in [0.2, 0.25) is 0 Å². The molecular weight excluding hydrogens is 524 g/mol. The number of hydrogen-bond donors (Lipinski definition) is 2. The molecule has 10 nitrogen and oxygen atoms in total. The van der Waals surface area contributed by atoms with Crippen LogP contribution < -0.4 is 9.80 Å². The molecular formula is C31H24N4O6. The summed E-state index contributed by atoms with van der Waals surface area (Å²) in [7, 11) is 0. The number of benzene rings is 4. The molecule has 4 amide bonds. The second kappa shape index (κ2) is 8.35. The van der Waals surface area contributed by atoms with Gasteiger partial charge >= 0.3 is 0 Å². The first-order chi connectivity index (χ1) is 19.9. The third kappa shape index (κ3) is 3.03. The zero-order valence-electron chi connectivity index (χ0n) is 21.9. The standard InChI is InChI=1S/C31H24N4O6/c36-9-7-34-28(38)20-5-1-3-18-24(20)22(30(34)40)11-16-13-33-15-32(26(16)18)14-17-12-23-25-19(27(17)33)4-2-6-21(25)29(39)35(8-10-37)31(23)41/h1-6,11-12,36-37H,7-10,13-15H2. The molecule has 8 rings (SSSR count). The van der Waals surface area contributed by atoms with Crippen LogP contribution in [0.25, 0.3) is 21.5 Å². The summed E-state index contributed by atoms with van der Waals surface area (Å²) in [6.07, 6.45) is 0. The van der Waals surface area contributed by atoms with E-state index in [4.69, 9.17) is 0 Å². The fourth-order valence-electron chi connectivity index (χ4n) is 7.13. The lowest BCUT2D eigenvalue weighted by atomic mass is 9.86. The highest BCUT2D eigenvalue weighted by atomic mass is 16.3. The number of aliphatic hydroxyl groups excluding tert-OH is 2. The smallest absolute Gasteiger partial charge is 0.261 e. The van der Waals surface area contributed by atoms with E-state index in [1.54, 1.807) is 12.1 Å². The highest BCUT2D eigenvalue weighted by Crippen LogP contribution is 2.48. The molecule has 4 aromatic rings. The lowest BCUT2D eigenvalue weighted by molar-refractivity contribution is 0.0567. The first-order valence-corrected chi connectivity index (χ1v) is 13.5. The molecule has 0 aromatic heterocycles. The van der Waals surface area contributed by atoms with E-state index in [1.165, 1.54) is 0 Å². The summed E-state index contributed by atoms with van der Waals surface area (Å²) in [6.45, 7) is 0.779. The van der Waals surface area contributed by atoms with E-state index in [0.29, 0.717) is 52.8 Å². The molecule has 4 aliphatic rings. The van der Waals surface area contributed by atoms with Gasteiger partial charge < -0.3 is 20.0 Å². The van der Waals surface area contributed by atoms with Gasteiger partial charge in [0.25, 0.3) is 23.6 Å². The lowest BCUT2D eigenvalue weighted by Crippen LogP contribution is -2.47. The number of carbonyl (C=O) groups is 4. The molecule has 0 unspecified atom stereocenters. The lowest BCUT2D eigenvalue weighted by Gasteiger charge is -2.46. The van der Waals surface area contributed by atoms with Crippen LogP contribution in [0.4, 0.5) is 11.4 Å². The van der Waals surface area contributed by atoms with E-state index in [1.807, 2.05) is 36.4 Å². The third-order valence-electron chi connectivity index (χ3n) is 8.67. The topological polar surface area (TPSA) is 122 Å². The maximum absolute atomic E-state index is 13.4. The van der Waals surface area contributed by atoms with E-state index in [2.05, 4.69) is 9.80 Å². The molecule has 0 atom stereocenters. The first-order valence-electron chi connectivity index (χ1n) is 13.5. The SMILES string of the molecule is O=C1c2cccc3c4c(cc(c23)C(=O)N1CCO)CN1CN4Cc2cc3c4c(cccc4c21)C(=O)N(CCO)C3=O. The van der Waals surface area contributed by atoms with Gasteiger partial charge in [-0.2, -0.15) is 0 Å². The number of imide groups is 2. The molecule has 0 fully saturated rings. The summed E-state index contributed by atoms with van der Waals surface area (Å²) >= 11 is 0. The van der Waals surface area contributed by atoms with Crippen molar-refractivity contribution in [3.63, 3.8) is 0 Å². The zero-order chi connectivity index (χ0) is 28.2. The summed E-state index contributed by atoms with van der Waals surface area (Å²) < 4.78 is 0. The summed E-state index contributed by atoms with van der Waals surface area (Å²) in [5, 5.41) is 21.9. The van der Waals surface area contributed by atoms with Crippen molar-refractivity contribution in [2.75, 3.05) is 42.8 Å². The van der Waals surface area contributed by atoms with Crippen LogP contribution in [-0.2, 0) is 13.1 Å². The van der Waals surface area contributed by atoms with Crippen molar-refractivity contribution in [2.45, 2.75) is 13.1 Å². The Hall–Kier alpha value is -4.80. The predicted molar refractivity (Wildman–Crippen MR) is 150 cm³/mol. The van der Waals surface area contributed by atoms with Gasteiger partial charge in [-0.1, -0.05) is 24.3 Å². The number of anilines is 2. The molecule has 4 aromatic carbocycles. The molecule has 4 aliphatic heterocycles. The molecule has 2 bridgehead atoms. The second-order valence-electron chi connectivity index (χ2n) is 10.8. The second-order valence-corrected chi connectivity index (χ2v) is 10.8. The maximum Gasteiger partial charge on any atom is 0.261 e. The Balaban J connectivity index is 1.32. The fraction of sp³-hybridized carbons (Fsp3) is 0.226. The number of amides is 4. The Morgan fingerprint density at radius 1 is 0.585 bits per heavy atom. The van der Waals surface area contributed by atoms with Gasteiger partial charge in [0.2, 0.25) is 0 Å². The van der Waals surface area contributed by atoms with Gasteiger partial charge in [0, 0.05) is 56.9 Å². The molecule has 0 spiro atoms. The number of fused-ring (bicyclic) bond motifs is 8. The first kappa shape index (κ1) is 24.0. The van der Waals surface area contributed by atoms with E-state index < -0.39 is 23.6 Å². The van der Waals surface area contributed by atoms with Crippen LogP contribution in [0.1, 0.15) is 52.6 Å². The summed E-state index contributed by atoms with van der Waals surface area (Å²) in [6, 6.07) is 14.7. The molecule has 0 aliphatic carbocycles. The van der Waals surface area contributed by atoms with Crippen LogP contribution in [-0.4, -0.2) is 76.6 Å². The van der Waals surface area contributed by atoms with Crippen LogP contribution in [0.5, 0.6) is 0 Å². The van der Waals surface area contributed by atoms with Crippen molar-refractivity contribution >= 4 is 56.5 Å². The summed E-state index contributed by atoms with van der Waals surface area (Å²) in [4.78, 5) is 59.9. The molecule has 2 N–H and O–H groups in total. The Kier molecular flexibility index (Phi) is 4.90. The minimum absolute atomic E-state index is 0.0694. The number of nitrogens with zero attached hydrogens (tertiary/aromatic N) is 4. The van der Waals surface area contributed by atoms with Gasteiger partial charge in [-0.25, -0.2) is 0 Å². The van der Waals surface area contributed by atoms with Gasteiger partial charge in [0.1, 0.15) is 0 Å². The van der Waals surface area contributed by atoms with Crippen LogP contribution in [0, 0.1) is 0 Å². The number of rotatable bonds is 4. The normalized spacial score (nSPS) is 17.1. The molecule has 4 heterocycles. The summed E-state index contributed by atoms with van der Waals surface area (Å²) in [5.41, 5.74) is 5.56. The van der Waals surface area contributed by atoms with Crippen molar-refractivity contribution in [1.82, 2.24) is 9.80 Å². The predicted octanol–water partition coefficient (Wildman–Crippen LogP) is 2.47. The van der Waals surface area contributed by atoms with E-state index >= 15 is 0 Å².